The Morgan fingerprint density at radius 1 is 1.50 bits per heavy atom. The van der Waals surface area contributed by atoms with Crippen LogP contribution in [0.2, 0.25) is 0 Å². The number of likely N-dealkylation sites (tertiary alicyclic amines) is 1. The number of aromatic nitrogens is 5. The normalized spacial score (nSPS) is 18.1. The lowest BCUT2D eigenvalue weighted by molar-refractivity contribution is 0.0780. The minimum atomic E-state index is -0.0246. The van der Waals surface area contributed by atoms with Crippen molar-refractivity contribution in [2.75, 3.05) is 20.2 Å². The first-order valence-corrected chi connectivity index (χ1v) is 7.28. The number of rotatable bonds is 4. The van der Waals surface area contributed by atoms with Crippen molar-refractivity contribution in [3.05, 3.63) is 29.3 Å². The Hall–Kier alpha value is -2.22. The van der Waals surface area contributed by atoms with Crippen molar-refractivity contribution in [1.29, 1.82) is 0 Å². The molecule has 22 heavy (non-hydrogen) atoms. The van der Waals surface area contributed by atoms with Gasteiger partial charge in [0.1, 0.15) is 5.69 Å². The van der Waals surface area contributed by atoms with Gasteiger partial charge in [0.2, 0.25) is 0 Å². The van der Waals surface area contributed by atoms with Gasteiger partial charge in [-0.05, 0) is 19.4 Å². The summed E-state index contributed by atoms with van der Waals surface area (Å²) in [5.74, 6) is -0.0246. The van der Waals surface area contributed by atoms with Crippen molar-refractivity contribution in [2.24, 2.45) is 7.05 Å². The Morgan fingerprint density at radius 3 is 3.00 bits per heavy atom. The summed E-state index contributed by atoms with van der Waals surface area (Å²) in [6.07, 6.45) is 2.75. The number of methoxy groups -OCH3 is 1. The quantitative estimate of drug-likeness (QED) is 0.824. The first-order valence-electron chi connectivity index (χ1n) is 7.28. The molecule has 1 amide bonds. The molecule has 1 unspecified atom stereocenters. The molecule has 0 aromatic carbocycles. The first-order chi connectivity index (χ1) is 10.6. The number of carbonyl (C=O) groups is 1. The monoisotopic (exact) mass is 304 g/mol. The van der Waals surface area contributed by atoms with Crippen molar-refractivity contribution in [1.82, 2.24) is 29.7 Å². The van der Waals surface area contributed by atoms with Gasteiger partial charge in [-0.2, -0.15) is 5.10 Å². The maximum Gasteiger partial charge on any atom is 0.274 e. The van der Waals surface area contributed by atoms with Crippen LogP contribution in [-0.4, -0.2) is 55.8 Å². The average molecular weight is 304 g/mol. The van der Waals surface area contributed by atoms with Gasteiger partial charge in [-0.15, -0.1) is 5.10 Å². The third-order valence-corrected chi connectivity index (χ3v) is 4.01. The molecule has 0 spiro atoms. The molecule has 0 aliphatic carbocycles. The lowest BCUT2D eigenvalue weighted by Gasteiger charge is -2.14. The minimum absolute atomic E-state index is 0.0246. The number of aryl methyl sites for hydroxylation is 2. The number of hydrogen-bond acceptors (Lipinski definition) is 5. The zero-order valence-corrected chi connectivity index (χ0v) is 13.1. The summed E-state index contributed by atoms with van der Waals surface area (Å²) in [6, 6.07) is 1.98. The number of nitrogens with zero attached hydrogens (tertiary/aromatic N) is 6. The van der Waals surface area contributed by atoms with Gasteiger partial charge < -0.3 is 9.64 Å². The highest BCUT2D eigenvalue weighted by atomic mass is 16.5. The van der Waals surface area contributed by atoms with E-state index in [2.05, 4.69) is 15.4 Å². The van der Waals surface area contributed by atoms with Gasteiger partial charge in [0.15, 0.2) is 5.69 Å². The summed E-state index contributed by atoms with van der Waals surface area (Å²) in [4.78, 5) is 14.3. The molecule has 1 fully saturated rings. The van der Waals surface area contributed by atoms with Crippen LogP contribution in [0.5, 0.6) is 0 Å². The molecule has 2 aromatic rings. The molecule has 118 valence electrons. The smallest absolute Gasteiger partial charge is 0.274 e. The van der Waals surface area contributed by atoms with Gasteiger partial charge in [0, 0.05) is 32.9 Å². The summed E-state index contributed by atoms with van der Waals surface area (Å²) in [5, 5.41) is 12.4. The van der Waals surface area contributed by atoms with Gasteiger partial charge in [-0.3, -0.25) is 9.48 Å². The van der Waals surface area contributed by atoms with Gasteiger partial charge in [-0.1, -0.05) is 5.21 Å². The summed E-state index contributed by atoms with van der Waals surface area (Å²) in [7, 11) is 3.47. The molecule has 3 heterocycles. The summed E-state index contributed by atoms with van der Waals surface area (Å²) in [6.45, 7) is 3.72. The van der Waals surface area contributed by atoms with Crippen LogP contribution in [0.4, 0.5) is 0 Å². The van der Waals surface area contributed by atoms with Crippen LogP contribution in [0.25, 0.3) is 0 Å². The van der Waals surface area contributed by atoms with Gasteiger partial charge in [0.05, 0.1) is 18.8 Å². The van der Waals surface area contributed by atoms with Crippen molar-refractivity contribution in [3.63, 3.8) is 0 Å². The molecular weight excluding hydrogens is 284 g/mol. The predicted molar refractivity (Wildman–Crippen MR) is 78.2 cm³/mol. The Morgan fingerprint density at radius 2 is 2.32 bits per heavy atom. The molecule has 1 atom stereocenters. The second kappa shape index (κ2) is 5.88. The van der Waals surface area contributed by atoms with Crippen molar-refractivity contribution in [2.45, 2.75) is 26.0 Å². The highest BCUT2D eigenvalue weighted by Gasteiger charge is 2.30. The van der Waals surface area contributed by atoms with Gasteiger partial charge in [-0.25, -0.2) is 4.68 Å². The van der Waals surface area contributed by atoms with Crippen LogP contribution in [0, 0.1) is 6.92 Å². The SMILES string of the molecule is COCc1cn(C2CCN(C(=O)c3cc(C)n(C)n3)C2)nn1. The highest BCUT2D eigenvalue weighted by molar-refractivity contribution is 5.92. The fraction of sp³-hybridized carbons (Fsp3) is 0.571. The number of ether oxygens (including phenoxy) is 1. The van der Waals surface area contributed by atoms with Crippen molar-refractivity contribution < 1.29 is 9.53 Å². The zero-order valence-electron chi connectivity index (χ0n) is 13.1. The molecule has 0 saturated carbocycles. The molecule has 0 bridgehead atoms. The maximum atomic E-state index is 12.5. The number of hydrogen-bond donors (Lipinski definition) is 0. The fourth-order valence-electron chi connectivity index (χ4n) is 2.68. The van der Waals surface area contributed by atoms with Crippen LogP contribution >= 0.6 is 0 Å². The van der Waals surface area contributed by atoms with E-state index < -0.39 is 0 Å². The van der Waals surface area contributed by atoms with E-state index in [1.807, 2.05) is 35.8 Å². The summed E-state index contributed by atoms with van der Waals surface area (Å²) in [5.41, 5.74) is 2.27. The van der Waals surface area contributed by atoms with E-state index in [4.69, 9.17) is 4.74 Å². The summed E-state index contributed by atoms with van der Waals surface area (Å²) < 4.78 is 8.59. The lowest BCUT2D eigenvalue weighted by atomic mass is 10.3. The van der Waals surface area contributed by atoms with Crippen molar-refractivity contribution in [3.8, 4) is 0 Å². The lowest BCUT2D eigenvalue weighted by Crippen LogP contribution is -2.29. The van der Waals surface area contributed by atoms with E-state index in [1.54, 1.807) is 11.8 Å². The van der Waals surface area contributed by atoms with Crippen LogP contribution in [0.15, 0.2) is 12.3 Å². The molecule has 1 aliphatic heterocycles. The fourth-order valence-corrected chi connectivity index (χ4v) is 2.68. The topological polar surface area (TPSA) is 78.1 Å². The molecular formula is C14H20N6O2. The van der Waals surface area contributed by atoms with Crippen LogP contribution in [0.3, 0.4) is 0 Å². The molecule has 1 saturated heterocycles. The molecule has 1 aliphatic rings. The van der Waals surface area contributed by atoms with E-state index in [1.165, 1.54) is 0 Å². The van der Waals surface area contributed by atoms with Gasteiger partial charge >= 0.3 is 0 Å². The third-order valence-electron chi connectivity index (χ3n) is 4.01. The molecule has 2 aromatic heterocycles. The highest BCUT2D eigenvalue weighted by Crippen LogP contribution is 2.22. The Balaban J connectivity index is 1.67. The molecule has 0 N–H and O–H groups in total. The minimum Gasteiger partial charge on any atom is -0.378 e. The van der Waals surface area contributed by atoms with E-state index in [9.17, 15) is 4.79 Å². The molecule has 8 nitrogen and oxygen atoms in total. The van der Waals surface area contributed by atoms with Crippen molar-refractivity contribution >= 4 is 5.91 Å². The largest absolute Gasteiger partial charge is 0.378 e. The standard InChI is InChI=1S/C14H20N6O2/c1-10-6-13(16-18(10)2)14(21)19-5-4-12(8-19)20-7-11(9-22-3)15-17-20/h6-7,12H,4-5,8-9H2,1-3H3. The maximum absolute atomic E-state index is 12.5. The van der Waals surface area contributed by atoms with Crippen LogP contribution in [0.1, 0.15) is 34.3 Å². The van der Waals surface area contributed by atoms with Crippen LogP contribution in [-0.2, 0) is 18.4 Å². The first kappa shape index (κ1) is 14.7. The Bertz CT molecular complexity index is 657. The average Bonchev–Trinajstić information content (AvgIpc) is 3.19. The van der Waals surface area contributed by atoms with Crippen LogP contribution < -0.4 is 0 Å². The third kappa shape index (κ3) is 2.74. The summed E-state index contributed by atoms with van der Waals surface area (Å²) >= 11 is 0. The zero-order chi connectivity index (χ0) is 15.7. The number of amides is 1. The van der Waals surface area contributed by atoms with Gasteiger partial charge in [0.25, 0.3) is 5.91 Å². The Kier molecular flexibility index (Phi) is 3.93. The molecule has 8 heteroatoms. The van der Waals surface area contributed by atoms with E-state index in [0.717, 1.165) is 17.8 Å². The second-order valence-corrected chi connectivity index (χ2v) is 5.61. The Labute approximate surface area is 128 Å². The molecule has 0 radical (unpaired) electrons. The number of carbonyl (C=O) groups excluding carboxylic acids is 1. The van der Waals surface area contributed by atoms with E-state index >= 15 is 0 Å². The predicted octanol–water partition coefficient (Wildman–Crippen LogP) is 0.554. The second-order valence-electron chi connectivity index (χ2n) is 5.61. The molecule has 3 rings (SSSR count). The van der Waals surface area contributed by atoms with E-state index in [0.29, 0.717) is 25.4 Å². The van der Waals surface area contributed by atoms with E-state index in [-0.39, 0.29) is 11.9 Å².